The maximum atomic E-state index is 10.9. The van der Waals surface area contributed by atoms with Crippen LogP contribution in [0.15, 0.2) is 10.7 Å². The predicted octanol–water partition coefficient (Wildman–Crippen LogP) is 2.03. The maximum absolute atomic E-state index is 10.9. The first kappa shape index (κ1) is 8.69. The van der Waals surface area contributed by atoms with Crippen LogP contribution in [0.5, 0.6) is 0 Å². The molecule has 0 bridgehead atoms. The van der Waals surface area contributed by atoms with E-state index in [2.05, 4.69) is 20.9 Å². The van der Waals surface area contributed by atoms with Gasteiger partial charge >= 0.3 is 5.97 Å². The Kier molecular flexibility index (Phi) is 2.07. The Bertz CT molecular complexity index is 376. The number of carbonyl (C=O) groups is 1. The van der Waals surface area contributed by atoms with Crippen molar-refractivity contribution in [3.63, 3.8) is 0 Å². The van der Waals surface area contributed by atoms with E-state index < -0.39 is 5.97 Å². The van der Waals surface area contributed by atoms with Crippen LogP contribution in [-0.4, -0.2) is 16.1 Å². The van der Waals surface area contributed by atoms with Crippen LogP contribution in [0, 0.1) is 0 Å². The van der Waals surface area contributed by atoms with Crippen LogP contribution in [0.1, 0.15) is 28.0 Å². The molecule has 0 spiro atoms. The minimum absolute atomic E-state index is 0.391. The molecule has 0 amide bonds. The lowest BCUT2D eigenvalue weighted by atomic mass is 10.1. The number of aromatic carboxylic acids is 1. The third-order valence-corrected chi connectivity index (χ3v) is 2.88. The third kappa shape index (κ3) is 1.35. The molecule has 1 aliphatic rings. The summed E-state index contributed by atoms with van der Waals surface area (Å²) in [7, 11) is 0. The molecule has 0 unspecified atom stereocenters. The van der Waals surface area contributed by atoms with E-state index in [0.29, 0.717) is 10.0 Å². The molecule has 4 heteroatoms. The summed E-state index contributed by atoms with van der Waals surface area (Å²) in [6, 6.07) is 0. The molecule has 1 aliphatic carbocycles. The summed E-state index contributed by atoms with van der Waals surface area (Å²) in [5.74, 6) is -0.868. The van der Waals surface area contributed by atoms with Gasteiger partial charge in [0.25, 0.3) is 0 Å². The summed E-state index contributed by atoms with van der Waals surface area (Å²) >= 11 is 3.21. The molecule has 0 radical (unpaired) electrons. The Labute approximate surface area is 83.9 Å². The molecule has 0 aliphatic heterocycles. The van der Waals surface area contributed by atoms with Gasteiger partial charge in [-0.15, -0.1) is 0 Å². The van der Waals surface area contributed by atoms with E-state index in [9.17, 15) is 4.79 Å². The number of rotatable bonds is 1. The minimum Gasteiger partial charge on any atom is -0.478 e. The lowest BCUT2D eigenvalue weighted by Crippen LogP contribution is -2.04. The second-order valence-corrected chi connectivity index (χ2v) is 3.92. The van der Waals surface area contributed by atoms with Crippen LogP contribution in [0.3, 0.4) is 0 Å². The predicted molar refractivity (Wildman–Crippen MR) is 50.9 cm³/mol. The molecule has 0 saturated carbocycles. The molecule has 1 heterocycles. The lowest BCUT2D eigenvalue weighted by molar-refractivity contribution is 0.0694. The van der Waals surface area contributed by atoms with Gasteiger partial charge in [-0.05, 0) is 40.8 Å². The zero-order valence-electron chi connectivity index (χ0n) is 6.88. The summed E-state index contributed by atoms with van der Waals surface area (Å²) in [4.78, 5) is 15.1. The summed E-state index contributed by atoms with van der Waals surface area (Å²) < 4.78 is 0.584. The van der Waals surface area contributed by atoms with Crippen molar-refractivity contribution in [2.45, 2.75) is 19.3 Å². The number of hydrogen-bond acceptors (Lipinski definition) is 2. The van der Waals surface area contributed by atoms with Crippen LogP contribution < -0.4 is 0 Å². The topological polar surface area (TPSA) is 50.2 Å². The van der Waals surface area contributed by atoms with Crippen LogP contribution in [-0.2, 0) is 12.8 Å². The Morgan fingerprint density at radius 1 is 1.54 bits per heavy atom. The first-order valence-electron chi connectivity index (χ1n) is 4.09. The largest absolute Gasteiger partial charge is 0.478 e. The molecule has 3 nitrogen and oxygen atoms in total. The normalized spacial score (nSPS) is 14.2. The van der Waals surface area contributed by atoms with Crippen molar-refractivity contribution in [1.29, 1.82) is 0 Å². The highest BCUT2D eigenvalue weighted by molar-refractivity contribution is 9.10. The van der Waals surface area contributed by atoms with Crippen LogP contribution in [0.4, 0.5) is 0 Å². The number of carboxylic acids is 1. The Balaban J connectivity index is 2.65. The Hall–Kier alpha value is -0.900. The van der Waals surface area contributed by atoms with E-state index in [-0.39, 0.29) is 0 Å². The summed E-state index contributed by atoms with van der Waals surface area (Å²) in [5.41, 5.74) is 2.24. The van der Waals surface area contributed by atoms with Gasteiger partial charge in [0.15, 0.2) is 0 Å². The zero-order valence-corrected chi connectivity index (χ0v) is 8.47. The van der Waals surface area contributed by atoms with Gasteiger partial charge in [0.05, 0.1) is 10.0 Å². The molecule has 2 rings (SSSR count). The van der Waals surface area contributed by atoms with Crippen LogP contribution >= 0.6 is 15.9 Å². The Morgan fingerprint density at radius 2 is 2.31 bits per heavy atom. The molecule has 68 valence electrons. The number of carboxylic acid groups (broad SMARTS) is 1. The molecule has 13 heavy (non-hydrogen) atoms. The summed E-state index contributed by atoms with van der Waals surface area (Å²) in [6.07, 6.45) is 4.33. The molecular weight excluding hydrogens is 234 g/mol. The molecule has 1 aromatic heterocycles. The monoisotopic (exact) mass is 241 g/mol. The lowest BCUT2D eigenvalue weighted by Gasteiger charge is -2.04. The van der Waals surface area contributed by atoms with E-state index in [4.69, 9.17) is 5.11 Å². The van der Waals surface area contributed by atoms with Gasteiger partial charge in [0.2, 0.25) is 0 Å². The number of nitrogens with zero attached hydrogens (tertiary/aromatic N) is 1. The van der Waals surface area contributed by atoms with Crippen molar-refractivity contribution in [1.82, 2.24) is 4.98 Å². The van der Waals surface area contributed by atoms with Gasteiger partial charge in [-0.1, -0.05) is 0 Å². The highest BCUT2D eigenvalue weighted by Crippen LogP contribution is 2.28. The smallest absolute Gasteiger partial charge is 0.337 e. The number of aromatic nitrogens is 1. The van der Waals surface area contributed by atoms with E-state index in [1.807, 2.05) is 0 Å². The number of halogens is 1. The summed E-state index contributed by atoms with van der Waals surface area (Å²) in [5, 5.41) is 8.97. The SMILES string of the molecule is O=C(O)c1c(Br)cnc2c1CCC2. The number of fused-ring (bicyclic) bond motifs is 1. The van der Waals surface area contributed by atoms with Gasteiger partial charge in [-0.2, -0.15) is 0 Å². The fraction of sp³-hybridized carbons (Fsp3) is 0.333. The molecule has 1 aromatic rings. The fourth-order valence-electron chi connectivity index (χ4n) is 1.71. The van der Waals surface area contributed by atoms with Gasteiger partial charge in [0, 0.05) is 11.9 Å². The van der Waals surface area contributed by atoms with Crippen molar-refractivity contribution in [2.24, 2.45) is 0 Å². The standard InChI is InChI=1S/C9H8BrNO2/c10-6-4-11-7-3-1-2-5(7)8(6)9(12)13/h4H,1-3H2,(H,12,13). The average molecular weight is 242 g/mol. The molecule has 1 N–H and O–H groups in total. The number of hydrogen-bond donors (Lipinski definition) is 1. The first-order chi connectivity index (χ1) is 6.20. The summed E-state index contributed by atoms with van der Waals surface area (Å²) in [6.45, 7) is 0. The van der Waals surface area contributed by atoms with Crippen LogP contribution in [0.25, 0.3) is 0 Å². The van der Waals surface area contributed by atoms with Gasteiger partial charge in [-0.3, -0.25) is 4.98 Å². The van der Waals surface area contributed by atoms with Crippen LogP contribution in [0.2, 0.25) is 0 Å². The van der Waals surface area contributed by atoms with Crippen molar-refractivity contribution in [3.8, 4) is 0 Å². The van der Waals surface area contributed by atoms with Crippen molar-refractivity contribution < 1.29 is 9.90 Å². The fourth-order valence-corrected chi connectivity index (χ4v) is 2.23. The zero-order chi connectivity index (χ0) is 9.42. The number of aryl methyl sites for hydroxylation is 1. The van der Waals surface area contributed by atoms with Gasteiger partial charge in [0.1, 0.15) is 0 Å². The highest BCUT2D eigenvalue weighted by atomic mass is 79.9. The Morgan fingerprint density at radius 3 is 3.00 bits per heavy atom. The van der Waals surface area contributed by atoms with E-state index in [1.165, 1.54) is 0 Å². The van der Waals surface area contributed by atoms with Crippen molar-refractivity contribution in [3.05, 3.63) is 27.5 Å². The van der Waals surface area contributed by atoms with E-state index in [0.717, 1.165) is 30.5 Å². The molecule has 0 saturated heterocycles. The molecule has 0 atom stereocenters. The van der Waals surface area contributed by atoms with Crippen molar-refractivity contribution >= 4 is 21.9 Å². The maximum Gasteiger partial charge on any atom is 0.337 e. The molecule has 0 aromatic carbocycles. The molecule has 0 fully saturated rings. The van der Waals surface area contributed by atoms with Gasteiger partial charge < -0.3 is 5.11 Å². The van der Waals surface area contributed by atoms with Gasteiger partial charge in [-0.25, -0.2) is 4.79 Å². The first-order valence-corrected chi connectivity index (χ1v) is 4.89. The number of pyridine rings is 1. The second kappa shape index (κ2) is 3.10. The third-order valence-electron chi connectivity index (χ3n) is 2.28. The quantitative estimate of drug-likeness (QED) is 0.819. The minimum atomic E-state index is -0.868. The van der Waals surface area contributed by atoms with E-state index >= 15 is 0 Å². The van der Waals surface area contributed by atoms with E-state index in [1.54, 1.807) is 6.20 Å². The highest BCUT2D eigenvalue weighted by Gasteiger charge is 2.22. The van der Waals surface area contributed by atoms with Crippen molar-refractivity contribution in [2.75, 3.05) is 0 Å². The second-order valence-electron chi connectivity index (χ2n) is 3.07. The average Bonchev–Trinajstić information content (AvgIpc) is 2.50. The molecular formula is C9H8BrNO2.